The fourth-order valence-corrected chi connectivity index (χ4v) is 2.36. The third kappa shape index (κ3) is 3.56. The Morgan fingerprint density at radius 3 is 2.58 bits per heavy atom. The Morgan fingerprint density at radius 1 is 1.08 bits per heavy atom. The number of fused-ring (bicyclic) bond motifs is 1. The van der Waals surface area contributed by atoms with E-state index in [9.17, 15) is 13.6 Å². The van der Waals surface area contributed by atoms with Crippen molar-refractivity contribution in [3.05, 3.63) is 53.6 Å². The van der Waals surface area contributed by atoms with Crippen LogP contribution in [0.15, 0.2) is 36.4 Å². The van der Waals surface area contributed by atoms with Gasteiger partial charge in [0.15, 0.2) is 11.5 Å². The topological polar surface area (TPSA) is 59.6 Å². The summed E-state index contributed by atoms with van der Waals surface area (Å²) in [5, 5.41) is 5.04. The van der Waals surface area contributed by atoms with Gasteiger partial charge in [-0.25, -0.2) is 13.6 Å². The van der Waals surface area contributed by atoms with Crippen LogP contribution in [0.4, 0.5) is 19.3 Å². The maximum Gasteiger partial charge on any atom is 0.319 e. The van der Waals surface area contributed by atoms with Gasteiger partial charge in [0, 0.05) is 6.07 Å². The summed E-state index contributed by atoms with van der Waals surface area (Å²) in [7, 11) is 0. The number of ether oxygens (including phenoxy) is 2. The van der Waals surface area contributed by atoms with Gasteiger partial charge in [-0.2, -0.15) is 0 Å². The van der Waals surface area contributed by atoms with E-state index in [0.29, 0.717) is 30.8 Å². The van der Waals surface area contributed by atoms with Gasteiger partial charge in [-0.05, 0) is 36.8 Å². The number of benzene rings is 2. The molecule has 0 fully saturated rings. The van der Waals surface area contributed by atoms with E-state index in [-0.39, 0.29) is 11.7 Å². The molecule has 1 atom stereocenters. The molecule has 5 nitrogen and oxygen atoms in total. The lowest BCUT2D eigenvalue weighted by Gasteiger charge is -2.21. The Balaban J connectivity index is 1.65. The zero-order valence-corrected chi connectivity index (χ0v) is 12.9. The smallest absolute Gasteiger partial charge is 0.319 e. The monoisotopic (exact) mass is 334 g/mol. The maximum atomic E-state index is 13.5. The third-order valence-electron chi connectivity index (χ3n) is 3.59. The van der Waals surface area contributed by atoms with Crippen molar-refractivity contribution in [3.8, 4) is 11.5 Å². The van der Waals surface area contributed by atoms with E-state index < -0.39 is 17.7 Å². The highest BCUT2D eigenvalue weighted by Crippen LogP contribution is 2.32. The summed E-state index contributed by atoms with van der Waals surface area (Å²) in [6.45, 7) is 2.76. The van der Waals surface area contributed by atoms with Crippen LogP contribution in [0.5, 0.6) is 11.5 Å². The number of nitrogens with one attached hydrogen (secondary N) is 2. The standard InChI is InChI=1S/C17H16F2N2O3/c1-10(11-2-5-15-16(8-11)24-7-6-23-15)20-17(22)21-14-4-3-12(18)9-13(14)19/h2-5,8-10H,6-7H2,1H3,(H2,20,21,22)/t10-/m1/s1. The predicted molar refractivity (Wildman–Crippen MR) is 84.4 cm³/mol. The van der Waals surface area contributed by atoms with Gasteiger partial charge < -0.3 is 20.1 Å². The number of anilines is 1. The summed E-state index contributed by atoms with van der Waals surface area (Å²) < 4.78 is 37.4. The van der Waals surface area contributed by atoms with Crippen LogP contribution >= 0.6 is 0 Å². The van der Waals surface area contributed by atoms with Crippen LogP contribution in [-0.2, 0) is 0 Å². The Hall–Kier alpha value is -2.83. The minimum Gasteiger partial charge on any atom is -0.486 e. The molecule has 126 valence electrons. The Kier molecular flexibility index (Phi) is 4.50. The summed E-state index contributed by atoms with van der Waals surface area (Å²) >= 11 is 0. The minimum absolute atomic E-state index is 0.0942. The van der Waals surface area contributed by atoms with Crippen LogP contribution in [0.25, 0.3) is 0 Å². The lowest BCUT2D eigenvalue weighted by atomic mass is 10.1. The van der Waals surface area contributed by atoms with Gasteiger partial charge in [0.2, 0.25) is 0 Å². The molecule has 0 bridgehead atoms. The average molecular weight is 334 g/mol. The summed E-state index contributed by atoms with van der Waals surface area (Å²) in [4.78, 5) is 12.0. The molecule has 24 heavy (non-hydrogen) atoms. The van der Waals surface area contributed by atoms with Gasteiger partial charge in [-0.1, -0.05) is 6.07 Å². The average Bonchev–Trinajstić information content (AvgIpc) is 2.57. The molecule has 0 aliphatic carbocycles. The highest BCUT2D eigenvalue weighted by molar-refractivity contribution is 5.89. The van der Waals surface area contributed by atoms with Crippen molar-refractivity contribution in [2.75, 3.05) is 18.5 Å². The highest BCUT2D eigenvalue weighted by Gasteiger charge is 2.16. The fourth-order valence-electron chi connectivity index (χ4n) is 2.36. The first-order chi connectivity index (χ1) is 11.5. The number of hydrogen-bond acceptors (Lipinski definition) is 3. The third-order valence-corrected chi connectivity index (χ3v) is 3.59. The van der Waals surface area contributed by atoms with Crippen LogP contribution in [0.2, 0.25) is 0 Å². The molecule has 0 radical (unpaired) electrons. The van der Waals surface area contributed by atoms with E-state index in [1.54, 1.807) is 19.1 Å². The quantitative estimate of drug-likeness (QED) is 0.901. The minimum atomic E-state index is -0.836. The van der Waals surface area contributed by atoms with Crippen LogP contribution in [0, 0.1) is 11.6 Å². The van der Waals surface area contributed by atoms with Crippen molar-refractivity contribution in [3.63, 3.8) is 0 Å². The molecule has 3 rings (SSSR count). The van der Waals surface area contributed by atoms with Crippen LogP contribution < -0.4 is 20.1 Å². The molecule has 0 spiro atoms. The zero-order chi connectivity index (χ0) is 17.1. The van der Waals surface area contributed by atoms with Gasteiger partial charge in [0.25, 0.3) is 0 Å². The van der Waals surface area contributed by atoms with Crippen molar-refractivity contribution >= 4 is 11.7 Å². The van der Waals surface area contributed by atoms with Crippen molar-refractivity contribution < 1.29 is 23.0 Å². The molecule has 0 aromatic heterocycles. The number of carbonyl (C=O) groups excluding carboxylic acids is 1. The molecular formula is C17H16F2N2O3. The van der Waals surface area contributed by atoms with Crippen LogP contribution in [0.3, 0.4) is 0 Å². The summed E-state index contributed by atoms with van der Waals surface area (Å²) in [6, 6.07) is 7.39. The highest BCUT2D eigenvalue weighted by atomic mass is 19.1. The van der Waals surface area contributed by atoms with Crippen molar-refractivity contribution in [2.45, 2.75) is 13.0 Å². The molecule has 2 N–H and O–H groups in total. The van der Waals surface area contributed by atoms with E-state index in [4.69, 9.17) is 9.47 Å². The van der Waals surface area contributed by atoms with Gasteiger partial charge in [0.05, 0.1) is 11.7 Å². The molecule has 2 aromatic carbocycles. The molecule has 0 saturated carbocycles. The molecule has 2 amide bonds. The largest absolute Gasteiger partial charge is 0.486 e. The maximum absolute atomic E-state index is 13.5. The van der Waals surface area contributed by atoms with Crippen molar-refractivity contribution in [1.82, 2.24) is 5.32 Å². The lowest BCUT2D eigenvalue weighted by Crippen LogP contribution is -2.31. The molecule has 0 saturated heterocycles. The number of urea groups is 1. The molecule has 7 heteroatoms. The normalized spacial score (nSPS) is 14.0. The van der Waals surface area contributed by atoms with E-state index in [1.165, 1.54) is 6.07 Å². The SMILES string of the molecule is C[C@@H](NC(=O)Nc1ccc(F)cc1F)c1ccc2c(c1)OCCO2. The predicted octanol–water partition coefficient (Wildman–Crippen LogP) is 3.62. The molecule has 1 aliphatic heterocycles. The summed E-state index contributed by atoms with van der Waals surface area (Å²) in [6.07, 6.45) is 0. The van der Waals surface area contributed by atoms with E-state index in [2.05, 4.69) is 10.6 Å². The van der Waals surface area contributed by atoms with Gasteiger partial charge in [-0.15, -0.1) is 0 Å². The first kappa shape index (κ1) is 16.0. The number of carbonyl (C=O) groups is 1. The van der Waals surface area contributed by atoms with E-state index >= 15 is 0 Å². The van der Waals surface area contributed by atoms with Crippen LogP contribution in [-0.4, -0.2) is 19.2 Å². The number of halogens is 2. The van der Waals surface area contributed by atoms with Crippen molar-refractivity contribution in [2.24, 2.45) is 0 Å². The zero-order valence-electron chi connectivity index (χ0n) is 12.9. The second-order valence-corrected chi connectivity index (χ2v) is 5.35. The molecule has 0 unspecified atom stereocenters. The lowest BCUT2D eigenvalue weighted by molar-refractivity contribution is 0.171. The summed E-state index contributed by atoms with van der Waals surface area (Å²) in [5.74, 6) is -0.257. The molecular weight excluding hydrogens is 318 g/mol. The second-order valence-electron chi connectivity index (χ2n) is 5.35. The molecule has 1 heterocycles. The van der Waals surface area contributed by atoms with E-state index in [1.807, 2.05) is 6.07 Å². The van der Waals surface area contributed by atoms with Crippen molar-refractivity contribution in [1.29, 1.82) is 0 Å². The summed E-state index contributed by atoms with van der Waals surface area (Å²) in [5.41, 5.74) is 0.720. The Bertz CT molecular complexity index is 767. The Morgan fingerprint density at radius 2 is 1.83 bits per heavy atom. The number of amides is 2. The van der Waals surface area contributed by atoms with Gasteiger partial charge >= 0.3 is 6.03 Å². The molecule has 2 aromatic rings. The van der Waals surface area contributed by atoms with Gasteiger partial charge in [0.1, 0.15) is 24.8 Å². The second kappa shape index (κ2) is 6.74. The first-order valence-electron chi connectivity index (χ1n) is 7.45. The first-order valence-corrected chi connectivity index (χ1v) is 7.45. The number of rotatable bonds is 3. The Labute approximate surface area is 137 Å². The van der Waals surface area contributed by atoms with E-state index in [0.717, 1.165) is 11.6 Å². The number of hydrogen-bond donors (Lipinski definition) is 2. The van der Waals surface area contributed by atoms with Gasteiger partial charge in [-0.3, -0.25) is 0 Å². The fraction of sp³-hybridized carbons (Fsp3) is 0.235. The molecule has 1 aliphatic rings. The van der Waals surface area contributed by atoms with Crippen LogP contribution in [0.1, 0.15) is 18.5 Å².